The molecule has 2 aromatic rings. The monoisotopic (exact) mass is 254 g/mol. The van der Waals surface area contributed by atoms with Gasteiger partial charge >= 0.3 is 5.69 Å². The molecule has 0 saturated heterocycles. The number of aryl methyl sites for hydroxylation is 1. The second-order valence-corrected chi connectivity index (χ2v) is 4.83. The number of nitrogens with zero attached hydrogens (tertiary/aromatic N) is 3. The molecule has 1 N–H and O–H groups in total. The normalized spacial score (nSPS) is 11.6. The molecule has 6 nitrogen and oxygen atoms in total. The summed E-state index contributed by atoms with van der Waals surface area (Å²) in [4.78, 5) is 30.0. The predicted octanol–water partition coefficient (Wildman–Crippen LogP) is 0.726. The molecular weight excluding hydrogens is 240 g/mol. The fourth-order valence-electron chi connectivity index (χ4n) is 1.81. The van der Waals surface area contributed by atoms with Crippen molar-refractivity contribution in [2.24, 2.45) is 7.05 Å². The number of hydrogen-bond donors (Lipinski definition) is 1. The van der Waals surface area contributed by atoms with Gasteiger partial charge in [0.1, 0.15) is 0 Å². The van der Waals surface area contributed by atoms with Crippen molar-refractivity contribution < 1.29 is 0 Å². The second-order valence-electron chi connectivity index (χ2n) is 4.05. The first kappa shape index (κ1) is 12.0. The first-order valence-electron chi connectivity index (χ1n) is 5.22. The zero-order chi connectivity index (χ0) is 12.7. The molecule has 0 radical (unpaired) electrons. The van der Waals surface area contributed by atoms with E-state index in [2.05, 4.69) is 9.97 Å². The van der Waals surface area contributed by atoms with Gasteiger partial charge in [0, 0.05) is 13.1 Å². The highest BCUT2D eigenvalue weighted by Gasteiger charge is 2.18. The number of imidazole rings is 1. The van der Waals surface area contributed by atoms with Crippen LogP contribution in [0.3, 0.4) is 0 Å². The van der Waals surface area contributed by atoms with E-state index in [0.717, 1.165) is 5.16 Å². The summed E-state index contributed by atoms with van der Waals surface area (Å²) in [6.07, 6.45) is 1.90. The molecule has 0 aliphatic rings. The highest BCUT2D eigenvalue weighted by molar-refractivity contribution is 7.98. The summed E-state index contributed by atoms with van der Waals surface area (Å²) in [5.74, 6) is 0. The van der Waals surface area contributed by atoms with Gasteiger partial charge in [-0.1, -0.05) is 11.8 Å². The number of thioether (sulfide) groups is 1. The van der Waals surface area contributed by atoms with Gasteiger partial charge in [-0.3, -0.25) is 14.3 Å². The van der Waals surface area contributed by atoms with Crippen LogP contribution in [-0.4, -0.2) is 25.4 Å². The minimum absolute atomic E-state index is 0.112. The van der Waals surface area contributed by atoms with E-state index in [9.17, 15) is 9.59 Å². The largest absolute Gasteiger partial charge is 0.329 e. The van der Waals surface area contributed by atoms with Gasteiger partial charge in [-0.15, -0.1) is 0 Å². The minimum atomic E-state index is -0.441. The molecule has 17 heavy (non-hydrogen) atoms. The number of nitrogens with one attached hydrogen (secondary N) is 1. The maximum atomic E-state index is 11.9. The highest BCUT2D eigenvalue weighted by Crippen LogP contribution is 2.23. The number of aromatic nitrogens is 4. The molecule has 92 valence electrons. The van der Waals surface area contributed by atoms with Crippen molar-refractivity contribution in [2.75, 3.05) is 6.26 Å². The summed E-state index contributed by atoms with van der Waals surface area (Å²) < 4.78 is 3.20. The molecule has 2 heterocycles. The van der Waals surface area contributed by atoms with E-state index < -0.39 is 5.69 Å². The minimum Gasteiger partial charge on any atom is -0.311 e. The van der Waals surface area contributed by atoms with Crippen molar-refractivity contribution in [1.29, 1.82) is 0 Å². The van der Waals surface area contributed by atoms with E-state index in [1.165, 1.54) is 16.3 Å². The maximum absolute atomic E-state index is 11.9. The summed E-state index contributed by atoms with van der Waals surface area (Å²) in [7, 11) is 1.60. The number of aromatic amines is 1. The first-order chi connectivity index (χ1) is 7.97. The molecule has 0 bridgehead atoms. The van der Waals surface area contributed by atoms with Crippen LogP contribution in [0.4, 0.5) is 0 Å². The SMILES string of the molecule is CSc1nc2c(c(=O)[nH]c(=O)n2C)n1C(C)C. The third-order valence-corrected chi connectivity index (χ3v) is 3.27. The number of rotatable bonds is 2. The van der Waals surface area contributed by atoms with Gasteiger partial charge in [0.25, 0.3) is 5.56 Å². The number of fused-ring (bicyclic) bond motifs is 1. The average molecular weight is 254 g/mol. The Morgan fingerprint density at radius 2 is 2.00 bits per heavy atom. The highest BCUT2D eigenvalue weighted by atomic mass is 32.2. The molecular formula is C10H14N4O2S. The van der Waals surface area contributed by atoms with Crippen molar-refractivity contribution in [3.8, 4) is 0 Å². The first-order valence-corrected chi connectivity index (χ1v) is 6.45. The second kappa shape index (κ2) is 4.06. The van der Waals surface area contributed by atoms with Gasteiger partial charge < -0.3 is 4.57 Å². The average Bonchev–Trinajstić information content (AvgIpc) is 2.65. The van der Waals surface area contributed by atoms with Gasteiger partial charge in [-0.2, -0.15) is 0 Å². The van der Waals surface area contributed by atoms with E-state index in [1.54, 1.807) is 7.05 Å². The topological polar surface area (TPSA) is 72.7 Å². The van der Waals surface area contributed by atoms with E-state index in [4.69, 9.17) is 0 Å². The van der Waals surface area contributed by atoms with Gasteiger partial charge in [0.05, 0.1) is 0 Å². The van der Waals surface area contributed by atoms with Gasteiger partial charge in [0.15, 0.2) is 16.3 Å². The third-order valence-electron chi connectivity index (χ3n) is 2.62. The van der Waals surface area contributed by atoms with E-state index in [1.807, 2.05) is 24.7 Å². The van der Waals surface area contributed by atoms with E-state index in [-0.39, 0.29) is 11.6 Å². The predicted molar refractivity (Wildman–Crippen MR) is 67.8 cm³/mol. The lowest BCUT2D eigenvalue weighted by atomic mass is 10.4. The Balaban J connectivity index is 3.03. The van der Waals surface area contributed by atoms with Crippen LogP contribution in [0.2, 0.25) is 0 Å². The fraction of sp³-hybridized carbons (Fsp3) is 0.500. The smallest absolute Gasteiger partial charge is 0.311 e. The Kier molecular flexibility index (Phi) is 2.86. The van der Waals surface area contributed by atoms with Crippen molar-refractivity contribution in [1.82, 2.24) is 19.1 Å². The maximum Gasteiger partial charge on any atom is 0.329 e. The van der Waals surface area contributed by atoms with Crippen molar-refractivity contribution in [2.45, 2.75) is 25.0 Å². The molecule has 7 heteroatoms. The lowest BCUT2D eigenvalue weighted by Crippen LogP contribution is -2.29. The Morgan fingerprint density at radius 1 is 1.35 bits per heavy atom. The van der Waals surface area contributed by atoms with Gasteiger partial charge in [0.2, 0.25) is 0 Å². The summed E-state index contributed by atoms with van der Waals surface area (Å²) in [6, 6.07) is 0.112. The van der Waals surface area contributed by atoms with Gasteiger partial charge in [-0.25, -0.2) is 9.78 Å². The van der Waals surface area contributed by atoms with Crippen LogP contribution in [-0.2, 0) is 7.05 Å². The summed E-state index contributed by atoms with van der Waals surface area (Å²) in [6.45, 7) is 3.96. The fourth-order valence-corrected chi connectivity index (χ4v) is 2.48. The van der Waals surface area contributed by atoms with Gasteiger partial charge in [-0.05, 0) is 20.1 Å². The molecule has 0 amide bonds. The van der Waals surface area contributed by atoms with Crippen LogP contribution in [0.25, 0.3) is 11.2 Å². The molecule has 0 atom stereocenters. The Morgan fingerprint density at radius 3 is 2.53 bits per heavy atom. The van der Waals surface area contributed by atoms with Crippen LogP contribution in [0.15, 0.2) is 14.7 Å². The summed E-state index contributed by atoms with van der Waals surface area (Å²) in [5, 5.41) is 0.738. The lowest BCUT2D eigenvalue weighted by molar-refractivity contribution is 0.565. The zero-order valence-corrected chi connectivity index (χ0v) is 11.0. The lowest BCUT2D eigenvalue weighted by Gasteiger charge is -2.10. The molecule has 0 fully saturated rings. The van der Waals surface area contributed by atoms with E-state index in [0.29, 0.717) is 11.2 Å². The van der Waals surface area contributed by atoms with E-state index >= 15 is 0 Å². The third kappa shape index (κ3) is 1.70. The Hall–Kier alpha value is -1.50. The summed E-state index contributed by atoms with van der Waals surface area (Å²) >= 11 is 1.46. The molecule has 0 aliphatic carbocycles. The molecule has 0 saturated carbocycles. The summed E-state index contributed by atoms with van der Waals surface area (Å²) in [5.41, 5.74) is 0.0522. The molecule has 0 aromatic carbocycles. The van der Waals surface area contributed by atoms with Crippen LogP contribution in [0, 0.1) is 0 Å². The number of hydrogen-bond acceptors (Lipinski definition) is 4. The Bertz CT molecular complexity index is 680. The molecule has 2 rings (SSSR count). The molecule has 2 aromatic heterocycles. The van der Waals surface area contributed by atoms with Crippen LogP contribution in [0.5, 0.6) is 0 Å². The zero-order valence-electron chi connectivity index (χ0n) is 10.1. The van der Waals surface area contributed by atoms with Crippen LogP contribution < -0.4 is 11.2 Å². The number of H-pyrrole nitrogens is 1. The van der Waals surface area contributed by atoms with Crippen LogP contribution >= 0.6 is 11.8 Å². The molecule has 0 aliphatic heterocycles. The quantitative estimate of drug-likeness (QED) is 0.802. The van der Waals surface area contributed by atoms with Crippen molar-refractivity contribution >= 4 is 22.9 Å². The van der Waals surface area contributed by atoms with Crippen LogP contribution in [0.1, 0.15) is 19.9 Å². The molecule has 0 unspecified atom stereocenters. The molecule has 0 spiro atoms. The van der Waals surface area contributed by atoms with Crippen molar-refractivity contribution in [3.05, 3.63) is 20.8 Å². The Labute approximate surface area is 102 Å². The van der Waals surface area contributed by atoms with Crippen molar-refractivity contribution in [3.63, 3.8) is 0 Å². The standard InChI is InChI=1S/C10H14N4O2S/c1-5(2)14-6-7(11-10(14)17-4)13(3)9(16)12-8(6)15/h5H,1-4H3,(H,12,15,16).